The monoisotopic (exact) mass is 401 g/mol. The Morgan fingerprint density at radius 2 is 1.89 bits per heavy atom. The van der Waals surface area contributed by atoms with Crippen LogP contribution in [0.2, 0.25) is 10.0 Å². The zero-order valence-electron chi connectivity index (χ0n) is 13.8. The van der Waals surface area contributed by atoms with Crippen molar-refractivity contribution in [1.82, 2.24) is 14.8 Å². The normalized spacial score (nSPS) is 15.8. The number of nitrogens with zero attached hydrogens (tertiary/aromatic N) is 3. The molecule has 9 heteroatoms. The van der Waals surface area contributed by atoms with E-state index in [9.17, 15) is 9.59 Å². The summed E-state index contributed by atoms with van der Waals surface area (Å²) in [4.78, 5) is 28.7. The smallest absolute Gasteiger partial charge is 0.259 e. The average Bonchev–Trinajstić information content (AvgIpc) is 3.04. The highest BCUT2D eigenvalue weighted by molar-refractivity contribution is 6.34. The van der Waals surface area contributed by atoms with Crippen molar-refractivity contribution in [3.8, 4) is 0 Å². The van der Waals surface area contributed by atoms with Gasteiger partial charge in [-0.3, -0.25) is 20.2 Å². The van der Waals surface area contributed by atoms with E-state index in [1.54, 1.807) is 41.1 Å². The number of halogens is 2. The molecule has 27 heavy (non-hydrogen) atoms. The van der Waals surface area contributed by atoms with Crippen molar-refractivity contribution in [2.45, 2.75) is 12.5 Å². The molecule has 7 nitrogen and oxygen atoms in total. The van der Waals surface area contributed by atoms with E-state index in [0.29, 0.717) is 15.6 Å². The number of hydrogen-bond acceptors (Lipinski definition) is 4. The van der Waals surface area contributed by atoms with E-state index in [-0.39, 0.29) is 30.3 Å². The summed E-state index contributed by atoms with van der Waals surface area (Å²) in [5.41, 5.74) is 1.18. The van der Waals surface area contributed by atoms with Crippen molar-refractivity contribution in [3.63, 3.8) is 0 Å². The molecular formula is C18H13Cl2N5O2. The predicted octanol–water partition coefficient (Wildman–Crippen LogP) is 3.77. The lowest BCUT2D eigenvalue weighted by atomic mass is 10.0. The second-order valence-corrected chi connectivity index (χ2v) is 6.80. The number of aromatic nitrogens is 3. The fraction of sp³-hybridized carbons (Fsp3) is 0.111. The molecule has 2 heterocycles. The van der Waals surface area contributed by atoms with Crippen LogP contribution in [-0.2, 0) is 4.79 Å². The maximum absolute atomic E-state index is 12.4. The number of rotatable bonds is 3. The first-order chi connectivity index (χ1) is 13.0. The number of carbonyl (C=O) groups is 2. The van der Waals surface area contributed by atoms with Gasteiger partial charge in [0, 0.05) is 5.02 Å². The summed E-state index contributed by atoms with van der Waals surface area (Å²) in [5.74, 6) is -0.270. The number of benzene rings is 2. The van der Waals surface area contributed by atoms with E-state index in [0.717, 1.165) is 5.56 Å². The molecule has 136 valence electrons. The molecule has 1 atom stereocenters. The lowest BCUT2D eigenvalue weighted by Crippen LogP contribution is -2.29. The molecule has 4 rings (SSSR count). The molecule has 2 amide bonds. The molecule has 3 aromatic rings. The fourth-order valence-electron chi connectivity index (χ4n) is 2.87. The summed E-state index contributed by atoms with van der Waals surface area (Å²) in [6.45, 7) is 0. The molecule has 0 saturated carbocycles. The summed E-state index contributed by atoms with van der Waals surface area (Å²) < 4.78 is 1.58. The molecule has 0 bridgehead atoms. The van der Waals surface area contributed by atoms with Crippen LogP contribution in [0.25, 0.3) is 0 Å². The minimum absolute atomic E-state index is 0.0797. The highest BCUT2D eigenvalue weighted by Crippen LogP contribution is 2.30. The van der Waals surface area contributed by atoms with Crippen molar-refractivity contribution >= 4 is 46.9 Å². The SMILES string of the molecule is O=C1CC(c2ccc(Cl)cc2)n2nc(NC(=O)c3ccccc3Cl)nc2N1. The quantitative estimate of drug-likeness (QED) is 0.698. The lowest BCUT2D eigenvalue weighted by Gasteiger charge is -2.23. The van der Waals surface area contributed by atoms with Crippen LogP contribution in [-0.4, -0.2) is 26.6 Å². The van der Waals surface area contributed by atoms with E-state index in [1.807, 2.05) is 12.1 Å². The van der Waals surface area contributed by atoms with Gasteiger partial charge >= 0.3 is 0 Å². The van der Waals surface area contributed by atoms with E-state index in [1.165, 1.54) is 0 Å². The zero-order valence-corrected chi connectivity index (χ0v) is 15.3. The van der Waals surface area contributed by atoms with Crippen molar-refractivity contribution in [1.29, 1.82) is 0 Å². The molecule has 1 aliphatic rings. The van der Waals surface area contributed by atoms with Crippen LogP contribution in [0.3, 0.4) is 0 Å². The van der Waals surface area contributed by atoms with Gasteiger partial charge in [-0.2, -0.15) is 4.98 Å². The van der Waals surface area contributed by atoms with Crippen LogP contribution in [0.5, 0.6) is 0 Å². The number of hydrogen-bond donors (Lipinski definition) is 2. The molecule has 0 saturated heterocycles. The van der Waals surface area contributed by atoms with Crippen LogP contribution in [0.1, 0.15) is 28.4 Å². The first-order valence-corrected chi connectivity index (χ1v) is 8.84. The van der Waals surface area contributed by atoms with Crippen molar-refractivity contribution < 1.29 is 9.59 Å². The maximum Gasteiger partial charge on any atom is 0.259 e. The highest BCUT2D eigenvalue weighted by atomic mass is 35.5. The minimum atomic E-state index is -0.432. The highest BCUT2D eigenvalue weighted by Gasteiger charge is 2.29. The van der Waals surface area contributed by atoms with Crippen LogP contribution < -0.4 is 10.6 Å². The van der Waals surface area contributed by atoms with Gasteiger partial charge in [0.2, 0.25) is 11.9 Å². The Morgan fingerprint density at radius 1 is 1.15 bits per heavy atom. The van der Waals surface area contributed by atoms with Crippen molar-refractivity contribution in [2.24, 2.45) is 0 Å². The second-order valence-electron chi connectivity index (χ2n) is 5.96. The van der Waals surface area contributed by atoms with Gasteiger partial charge in [-0.05, 0) is 29.8 Å². The molecule has 2 N–H and O–H groups in total. The summed E-state index contributed by atoms with van der Waals surface area (Å²) in [7, 11) is 0. The van der Waals surface area contributed by atoms with Crippen LogP contribution in [0.4, 0.5) is 11.9 Å². The van der Waals surface area contributed by atoms with Gasteiger partial charge in [0.05, 0.1) is 23.0 Å². The van der Waals surface area contributed by atoms with Gasteiger partial charge in [0.25, 0.3) is 11.9 Å². The van der Waals surface area contributed by atoms with Crippen LogP contribution >= 0.6 is 23.2 Å². The van der Waals surface area contributed by atoms with Gasteiger partial charge in [-0.25, -0.2) is 4.68 Å². The summed E-state index contributed by atoms with van der Waals surface area (Å²) in [5, 5.41) is 10.5. The molecule has 1 aromatic heterocycles. The van der Waals surface area contributed by atoms with E-state index in [2.05, 4.69) is 20.7 Å². The van der Waals surface area contributed by atoms with E-state index >= 15 is 0 Å². The third kappa shape index (κ3) is 3.51. The zero-order chi connectivity index (χ0) is 19.0. The Hall–Kier alpha value is -2.90. The number of fused-ring (bicyclic) bond motifs is 1. The van der Waals surface area contributed by atoms with Crippen molar-refractivity contribution in [3.05, 3.63) is 69.7 Å². The Labute approximate surface area is 164 Å². The molecule has 0 fully saturated rings. The van der Waals surface area contributed by atoms with Gasteiger partial charge in [0.15, 0.2) is 0 Å². The molecule has 1 unspecified atom stereocenters. The first-order valence-electron chi connectivity index (χ1n) is 8.09. The Kier molecular flexibility index (Phi) is 4.55. The summed E-state index contributed by atoms with van der Waals surface area (Å²) in [6, 6.07) is 13.5. The van der Waals surface area contributed by atoms with Gasteiger partial charge in [0.1, 0.15) is 0 Å². The van der Waals surface area contributed by atoms with Crippen molar-refractivity contribution in [2.75, 3.05) is 10.6 Å². The maximum atomic E-state index is 12.4. The van der Waals surface area contributed by atoms with E-state index in [4.69, 9.17) is 23.2 Å². The number of anilines is 2. The van der Waals surface area contributed by atoms with Crippen LogP contribution in [0, 0.1) is 0 Å². The van der Waals surface area contributed by atoms with Gasteiger partial charge in [-0.1, -0.05) is 47.5 Å². The topological polar surface area (TPSA) is 88.9 Å². The summed E-state index contributed by atoms with van der Waals surface area (Å²) >= 11 is 12.0. The fourth-order valence-corrected chi connectivity index (χ4v) is 3.22. The second kappa shape index (κ2) is 7.02. The van der Waals surface area contributed by atoms with E-state index < -0.39 is 5.91 Å². The number of carbonyl (C=O) groups excluding carboxylic acids is 2. The molecule has 1 aliphatic heterocycles. The first kappa shape index (κ1) is 17.5. The Balaban J connectivity index is 1.64. The predicted molar refractivity (Wildman–Crippen MR) is 102 cm³/mol. The molecule has 2 aromatic carbocycles. The molecule has 0 aliphatic carbocycles. The third-order valence-electron chi connectivity index (χ3n) is 4.16. The Morgan fingerprint density at radius 3 is 2.63 bits per heavy atom. The summed E-state index contributed by atoms with van der Waals surface area (Å²) in [6.07, 6.45) is 0.204. The van der Waals surface area contributed by atoms with Crippen LogP contribution in [0.15, 0.2) is 48.5 Å². The van der Waals surface area contributed by atoms with Gasteiger partial charge in [-0.15, -0.1) is 5.10 Å². The number of amides is 2. The third-order valence-corrected chi connectivity index (χ3v) is 4.74. The number of nitrogens with one attached hydrogen (secondary N) is 2. The Bertz CT molecular complexity index is 1030. The molecule has 0 spiro atoms. The lowest BCUT2D eigenvalue weighted by molar-refractivity contribution is -0.117. The minimum Gasteiger partial charge on any atom is -0.295 e. The largest absolute Gasteiger partial charge is 0.295 e. The molecular weight excluding hydrogens is 389 g/mol. The molecule has 0 radical (unpaired) electrons. The van der Waals surface area contributed by atoms with Gasteiger partial charge < -0.3 is 0 Å². The average molecular weight is 402 g/mol. The standard InChI is InChI=1S/C18H13Cl2N5O2/c19-11-7-5-10(6-8-11)14-9-15(26)21-18-23-17(24-25(14)18)22-16(27)12-3-1-2-4-13(12)20/h1-8,14H,9H2,(H2,21,22,23,24,26,27).